The Morgan fingerprint density at radius 3 is 3.00 bits per heavy atom. The smallest absolute Gasteiger partial charge is 0.322 e. The summed E-state index contributed by atoms with van der Waals surface area (Å²) in [7, 11) is 2.06. The molecule has 24 heavy (non-hydrogen) atoms. The van der Waals surface area contributed by atoms with Crippen molar-refractivity contribution in [1.29, 1.82) is 0 Å². The zero-order chi connectivity index (χ0) is 16.5. The largest absolute Gasteiger partial charge is 0.373 e. The van der Waals surface area contributed by atoms with Gasteiger partial charge in [-0.25, -0.2) is 4.79 Å². The quantitative estimate of drug-likeness (QED) is 0.724. The number of carbonyl (C=O) groups is 1. The molecule has 0 radical (unpaired) electrons. The average Bonchev–Trinajstić information content (AvgIpc) is 2.99. The summed E-state index contributed by atoms with van der Waals surface area (Å²) in [6, 6.07) is 13.9. The Labute approximate surface area is 140 Å². The van der Waals surface area contributed by atoms with Gasteiger partial charge in [0, 0.05) is 43.4 Å². The number of urea groups is 1. The summed E-state index contributed by atoms with van der Waals surface area (Å²) in [5.41, 5.74) is 4.09. The first kappa shape index (κ1) is 14.6. The molecular weight excluding hydrogens is 302 g/mol. The van der Waals surface area contributed by atoms with Crippen LogP contribution in [0.1, 0.15) is 5.56 Å². The number of anilines is 2. The van der Waals surface area contributed by atoms with Crippen LogP contribution in [0.4, 0.5) is 16.2 Å². The molecule has 0 spiro atoms. The zero-order valence-electron chi connectivity index (χ0n) is 13.5. The Hall–Kier alpha value is -3.02. The third kappa shape index (κ3) is 2.67. The van der Waals surface area contributed by atoms with Gasteiger partial charge < -0.3 is 15.1 Å². The molecule has 0 unspecified atom stereocenters. The van der Waals surface area contributed by atoms with Crippen molar-refractivity contribution in [2.24, 2.45) is 0 Å². The van der Waals surface area contributed by atoms with Crippen LogP contribution >= 0.6 is 0 Å². The summed E-state index contributed by atoms with van der Waals surface area (Å²) in [6.45, 7) is 2.11. The monoisotopic (exact) mass is 321 g/mol. The molecule has 122 valence electrons. The second-order valence-corrected chi connectivity index (χ2v) is 6.07. The van der Waals surface area contributed by atoms with Crippen LogP contribution in [0.3, 0.4) is 0 Å². The van der Waals surface area contributed by atoms with Gasteiger partial charge in [-0.2, -0.15) is 5.10 Å². The third-order valence-corrected chi connectivity index (χ3v) is 4.45. The van der Waals surface area contributed by atoms with Crippen LogP contribution in [-0.2, 0) is 6.54 Å². The van der Waals surface area contributed by atoms with Gasteiger partial charge in [-0.05, 0) is 29.8 Å². The number of nitrogens with zero attached hydrogens (tertiary/aromatic N) is 3. The van der Waals surface area contributed by atoms with Crippen LogP contribution in [0, 0.1) is 0 Å². The number of likely N-dealkylation sites (N-methyl/N-ethyl adjacent to an activating group) is 1. The molecule has 0 saturated carbocycles. The first-order chi connectivity index (χ1) is 11.7. The van der Waals surface area contributed by atoms with Gasteiger partial charge in [0.1, 0.15) is 0 Å². The lowest BCUT2D eigenvalue weighted by Gasteiger charge is -2.21. The number of carbonyl (C=O) groups excluding carboxylic acids is 1. The number of amides is 2. The van der Waals surface area contributed by atoms with Crippen molar-refractivity contribution >= 4 is 28.3 Å². The van der Waals surface area contributed by atoms with Gasteiger partial charge in [-0.3, -0.25) is 5.10 Å². The number of fused-ring (bicyclic) bond motifs is 2. The van der Waals surface area contributed by atoms with E-state index < -0.39 is 0 Å². The van der Waals surface area contributed by atoms with Gasteiger partial charge in [-0.1, -0.05) is 18.2 Å². The Kier molecular flexibility index (Phi) is 3.57. The lowest BCUT2D eigenvalue weighted by Crippen LogP contribution is -2.37. The fourth-order valence-corrected chi connectivity index (χ4v) is 3.09. The standard InChI is InChI=1S/C18H19N5O/c1-22-8-9-23(12-13-4-2-3-5-17(13)22)18(24)20-15-6-7-16-14(10-15)11-19-21-16/h2-7,10-11H,8-9,12H2,1H3,(H,19,21)(H,20,24). The van der Waals surface area contributed by atoms with Crippen LogP contribution in [-0.4, -0.2) is 41.3 Å². The molecule has 0 fully saturated rings. The predicted octanol–water partition coefficient (Wildman–Crippen LogP) is 3.05. The maximum absolute atomic E-state index is 12.7. The highest BCUT2D eigenvalue weighted by Gasteiger charge is 2.21. The first-order valence-corrected chi connectivity index (χ1v) is 7.99. The minimum Gasteiger partial charge on any atom is -0.373 e. The molecule has 2 heterocycles. The lowest BCUT2D eigenvalue weighted by molar-refractivity contribution is 0.212. The molecule has 2 aromatic carbocycles. The number of aromatic amines is 1. The number of para-hydroxylation sites is 1. The number of hydrogen-bond donors (Lipinski definition) is 2. The SMILES string of the molecule is CN1CCN(C(=O)Nc2ccc3[nH]ncc3c2)Cc2ccccc21. The minimum absolute atomic E-state index is 0.0806. The van der Waals surface area contributed by atoms with Crippen LogP contribution < -0.4 is 10.2 Å². The summed E-state index contributed by atoms with van der Waals surface area (Å²) in [4.78, 5) is 16.7. The highest BCUT2D eigenvalue weighted by molar-refractivity contribution is 5.92. The Morgan fingerprint density at radius 2 is 2.08 bits per heavy atom. The highest BCUT2D eigenvalue weighted by Crippen LogP contribution is 2.24. The van der Waals surface area contributed by atoms with E-state index in [-0.39, 0.29) is 6.03 Å². The van der Waals surface area contributed by atoms with Gasteiger partial charge in [-0.15, -0.1) is 0 Å². The van der Waals surface area contributed by atoms with E-state index in [0.717, 1.165) is 28.7 Å². The summed E-state index contributed by atoms with van der Waals surface area (Å²) < 4.78 is 0. The van der Waals surface area contributed by atoms with Gasteiger partial charge >= 0.3 is 6.03 Å². The fraction of sp³-hybridized carbons (Fsp3) is 0.222. The maximum Gasteiger partial charge on any atom is 0.322 e. The number of benzene rings is 2. The summed E-state index contributed by atoms with van der Waals surface area (Å²) in [5.74, 6) is 0. The zero-order valence-corrected chi connectivity index (χ0v) is 13.5. The van der Waals surface area contributed by atoms with E-state index in [1.54, 1.807) is 6.20 Å². The van der Waals surface area contributed by atoms with Crippen LogP contribution in [0.5, 0.6) is 0 Å². The van der Waals surface area contributed by atoms with Crippen molar-refractivity contribution < 1.29 is 4.79 Å². The molecule has 0 saturated heterocycles. The van der Waals surface area contributed by atoms with E-state index in [9.17, 15) is 4.79 Å². The van der Waals surface area contributed by atoms with Crippen LogP contribution in [0.15, 0.2) is 48.7 Å². The van der Waals surface area contributed by atoms with Crippen molar-refractivity contribution in [3.05, 3.63) is 54.2 Å². The fourth-order valence-electron chi connectivity index (χ4n) is 3.09. The van der Waals surface area contributed by atoms with Gasteiger partial charge in [0.25, 0.3) is 0 Å². The van der Waals surface area contributed by atoms with Crippen LogP contribution in [0.2, 0.25) is 0 Å². The van der Waals surface area contributed by atoms with Crippen LogP contribution in [0.25, 0.3) is 10.9 Å². The van der Waals surface area contributed by atoms with Crippen molar-refractivity contribution in [3.63, 3.8) is 0 Å². The summed E-state index contributed by atoms with van der Waals surface area (Å²) in [5, 5.41) is 10.9. The minimum atomic E-state index is -0.0806. The second-order valence-electron chi connectivity index (χ2n) is 6.07. The van der Waals surface area contributed by atoms with E-state index in [2.05, 4.69) is 39.6 Å². The Morgan fingerprint density at radius 1 is 1.21 bits per heavy atom. The first-order valence-electron chi connectivity index (χ1n) is 7.99. The Bertz CT molecular complexity index is 888. The molecule has 1 aliphatic rings. The Balaban J connectivity index is 1.54. The van der Waals surface area contributed by atoms with Gasteiger partial charge in [0.15, 0.2) is 0 Å². The van der Waals surface area contributed by atoms with E-state index >= 15 is 0 Å². The number of nitrogens with one attached hydrogen (secondary N) is 2. The van der Waals surface area contributed by atoms with E-state index in [0.29, 0.717) is 13.1 Å². The number of rotatable bonds is 1. The van der Waals surface area contributed by atoms with Crippen molar-refractivity contribution in [3.8, 4) is 0 Å². The van der Waals surface area contributed by atoms with Crippen molar-refractivity contribution in [1.82, 2.24) is 15.1 Å². The molecule has 1 aliphatic heterocycles. The highest BCUT2D eigenvalue weighted by atomic mass is 16.2. The number of aromatic nitrogens is 2. The van der Waals surface area contributed by atoms with Gasteiger partial charge in [0.05, 0.1) is 11.7 Å². The normalized spacial score (nSPS) is 14.4. The maximum atomic E-state index is 12.7. The summed E-state index contributed by atoms with van der Waals surface area (Å²) >= 11 is 0. The lowest BCUT2D eigenvalue weighted by atomic mass is 10.1. The molecule has 6 nitrogen and oxygen atoms in total. The summed E-state index contributed by atoms with van der Waals surface area (Å²) in [6.07, 6.45) is 1.75. The molecule has 0 aliphatic carbocycles. The predicted molar refractivity (Wildman–Crippen MR) is 95.2 cm³/mol. The molecule has 0 bridgehead atoms. The average molecular weight is 321 g/mol. The molecule has 1 aromatic heterocycles. The van der Waals surface area contributed by atoms with E-state index in [4.69, 9.17) is 0 Å². The molecule has 0 atom stereocenters. The molecule has 2 amide bonds. The number of H-pyrrole nitrogens is 1. The van der Waals surface area contributed by atoms with Gasteiger partial charge in [0.2, 0.25) is 0 Å². The molecule has 6 heteroatoms. The second kappa shape index (κ2) is 5.88. The molecular formula is C18H19N5O. The third-order valence-electron chi connectivity index (χ3n) is 4.45. The van der Waals surface area contributed by atoms with E-state index in [1.165, 1.54) is 5.69 Å². The topological polar surface area (TPSA) is 64.3 Å². The van der Waals surface area contributed by atoms with E-state index in [1.807, 2.05) is 35.2 Å². The molecule has 4 rings (SSSR count). The molecule has 2 N–H and O–H groups in total. The van der Waals surface area contributed by atoms with Crippen molar-refractivity contribution in [2.45, 2.75) is 6.54 Å². The molecule has 3 aromatic rings. The number of hydrogen-bond acceptors (Lipinski definition) is 3. The van der Waals surface area contributed by atoms with Crippen molar-refractivity contribution in [2.75, 3.05) is 30.4 Å².